The minimum atomic E-state index is -4.42. The summed E-state index contributed by atoms with van der Waals surface area (Å²) in [6, 6.07) is 2.95. The standard InChI is InChI=1S/C11H14F3NOS2/c1-17-5-2-6-18(16)10-4-3-8(7-9(10)15)11(12,13)14/h3-4,7H,2,5-6,15H2,1H3. The smallest absolute Gasteiger partial charge is 0.398 e. The first-order valence-corrected chi connectivity index (χ1v) is 7.91. The van der Waals surface area contributed by atoms with E-state index in [1.807, 2.05) is 6.26 Å². The summed E-state index contributed by atoms with van der Waals surface area (Å²) in [5.74, 6) is 1.28. The fourth-order valence-electron chi connectivity index (χ4n) is 1.38. The van der Waals surface area contributed by atoms with Crippen LogP contribution in [0.15, 0.2) is 23.1 Å². The van der Waals surface area contributed by atoms with Crippen molar-refractivity contribution >= 4 is 28.2 Å². The normalized spacial score (nSPS) is 13.6. The molecule has 18 heavy (non-hydrogen) atoms. The van der Waals surface area contributed by atoms with Gasteiger partial charge in [-0.1, -0.05) is 0 Å². The Hall–Kier alpha value is -0.690. The fraction of sp³-hybridized carbons (Fsp3) is 0.455. The molecule has 0 aliphatic rings. The summed E-state index contributed by atoms with van der Waals surface area (Å²) in [6.45, 7) is 0. The van der Waals surface area contributed by atoms with Crippen molar-refractivity contribution in [2.45, 2.75) is 17.5 Å². The second-order valence-electron chi connectivity index (χ2n) is 3.65. The number of hydrogen-bond donors (Lipinski definition) is 1. The first kappa shape index (κ1) is 15.4. The molecule has 2 N–H and O–H groups in total. The molecular weight excluding hydrogens is 283 g/mol. The molecular formula is C11H14F3NOS2. The highest BCUT2D eigenvalue weighted by atomic mass is 32.2. The number of rotatable bonds is 5. The zero-order chi connectivity index (χ0) is 13.8. The molecule has 0 radical (unpaired) electrons. The summed E-state index contributed by atoms with van der Waals surface area (Å²) in [7, 11) is -1.34. The first-order valence-electron chi connectivity index (χ1n) is 5.20. The maximum atomic E-state index is 12.4. The third kappa shape index (κ3) is 4.20. The van der Waals surface area contributed by atoms with Gasteiger partial charge in [-0.05, 0) is 36.6 Å². The molecule has 0 saturated carbocycles. The maximum Gasteiger partial charge on any atom is 0.416 e. The Kier molecular flexibility index (Phi) is 5.52. The molecule has 1 aromatic rings. The fourth-order valence-corrected chi connectivity index (χ4v) is 3.16. The monoisotopic (exact) mass is 297 g/mol. The largest absolute Gasteiger partial charge is 0.416 e. The number of benzene rings is 1. The van der Waals surface area contributed by atoms with Gasteiger partial charge in [0.1, 0.15) is 0 Å². The Balaban J connectivity index is 2.82. The van der Waals surface area contributed by atoms with Crippen LogP contribution in [0.25, 0.3) is 0 Å². The molecule has 102 valence electrons. The third-order valence-corrected chi connectivity index (χ3v) is 4.48. The topological polar surface area (TPSA) is 43.1 Å². The summed E-state index contributed by atoms with van der Waals surface area (Å²) in [5, 5.41) is 0. The van der Waals surface area contributed by atoms with E-state index in [0.29, 0.717) is 5.75 Å². The number of anilines is 1. The zero-order valence-electron chi connectivity index (χ0n) is 9.79. The number of nitrogen functional groups attached to an aromatic ring is 1. The summed E-state index contributed by atoms with van der Waals surface area (Å²) >= 11 is 1.63. The lowest BCUT2D eigenvalue weighted by Crippen LogP contribution is -2.08. The molecule has 1 rings (SSSR count). The number of hydrogen-bond acceptors (Lipinski definition) is 3. The van der Waals surface area contributed by atoms with Crippen molar-refractivity contribution in [1.29, 1.82) is 0 Å². The Bertz CT molecular complexity index is 435. The van der Waals surface area contributed by atoms with Crippen LogP contribution in [0.4, 0.5) is 18.9 Å². The molecule has 0 aliphatic heterocycles. The molecule has 1 aromatic carbocycles. The van der Waals surface area contributed by atoms with Gasteiger partial charge in [-0.3, -0.25) is 4.21 Å². The van der Waals surface area contributed by atoms with E-state index in [1.165, 1.54) is 6.07 Å². The van der Waals surface area contributed by atoms with Crippen LogP contribution in [-0.4, -0.2) is 22.0 Å². The molecule has 0 bridgehead atoms. The Morgan fingerprint density at radius 1 is 1.39 bits per heavy atom. The van der Waals surface area contributed by atoms with Crippen molar-refractivity contribution < 1.29 is 17.4 Å². The molecule has 0 spiro atoms. The predicted octanol–water partition coefficient (Wildman–Crippen LogP) is 3.15. The van der Waals surface area contributed by atoms with E-state index < -0.39 is 22.5 Å². The molecule has 0 amide bonds. The molecule has 0 heterocycles. The quantitative estimate of drug-likeness (QED) is 0.670. The number of thioether (sulfide) groups is 1. The number of halogens is 3. The van der Waals surface area contributed by atoms with E-state index in [-0.39, 0.29) is 10.6 Å². The van der Waals surface area contributed by atoms with Gasteiger partial charge in [0.15, 0.2) is 0 Å². The molecule has 1 atom stereocenters. The summed E-state index contributed by atoms with van der Waals surface area (Å²) in [4.78, 5) is 0.282. The van der Waals surface area contributed by atoms with E-state index in [0.717, 1.165) is 24.3 Å². The van der Waals surface area contributed by atoms with Gasteiger partial charge in [0.25, 0.3) is 0 Å². The van der Waals surface area contributed by atoms with Crippen molar-refractivity contribution in [2.24, 2.45) is 0 Å². The second kappa shape index (κ2) is 6.47. The van der Waals surface area contributed by atoms with Gasteiger partial charge < -0.3 is 5.73 Å². The maximum absolute atomic E-state index is 12.4. The SMILES string of the molecule is CSCCCS(=O)c1ccc(C(F)(F)F)cc1N. The van der Waals surface area contributed by atoms with E-state index in [4.69, 9.17) is 5.73 Å². The highest BCUT2D eigenvalue weighted by Crippen LogP contribution is 2.32. The van der Waals surface area contributed by atoms with Crippen LogP contribution in [0, 0.1) is 0 Å². The Morgan fingerprint density at radius 2 is 2.06 bits per heavy atom. The average molecular weight is 297 g/mol. The zero-order valence-corrected chi connectivity index (χ0v) is 11.4. The van der Waals surface area contributed by atoms with Crippen LogP contribution in [0.2, 0.25) is 0 Å². The van der Waals surface area contributed by atoms with Crippen LogP contribution in [0.5, 0.6) is 0 Å². The van der Waals surface area contributed by atoms with Gasteiger partial charge in [-0.2, -0.15) is 24.9 Å². The van der Waals surface area contributed by atoms with Crippen LogP contribution < -0.4 is 5.73 Å². The summed E-state index contributed by atoms with van der Waals surface area (Å²) < 4.78 is 49.1. The Morgan fingerprint density at radius 3 is 2.56 bits per heavy atom. The third-order valence-electron chi connectivity index (χ3n) is 2.26. The minimum Gasteiger partial charge on any atom is -0.398 e. The van der Waals surface area contributed by atoms with Crippen molar-refractivity contribution in [2.75, 3.05) is 23.5 Å². The molecule has 1 unspecified atom stereocenters. The van der Waals surface area contributed by atoms with Crippen molar-refractivity contribution in [1.82, 2.24) is 0 Å². The minimum absolute atomic E-state index is 0.0627. The molecule has 0 saturated heterocycles. The van der Waals surface area contributed by atoms with Crippen molar-refractivity contribution in [3.8, 4) is 0 Å². The van der Waals surface area contributed by atoms with Gasteiger partial charge in [0, 0.05) is 11.4 Å². The average Bonchev–Trinajstić information content (AvgIpc) is 2.27. The second-order valence-corrected chi connectivity index (χ2v) is 6.17. The first-order chi connectivity index (χ1) is 8.36. The van der Waals surface area contributed by atoms with Crippen molar-refractivity contribution in [3.05, 3.63) is 23.8 Å². The summed E-state index contributed by atoms with van der Waals surface area (Å²) in [6.07, 6.45) is -1.74. The predicted molar refractivity (Wildman–Crippen MR) is 70.1 cm³/mol. The highest BCUT2D eigenvalue weighted by Gasteiger charge is 2.31. The van der Waals surface area contributed by atoms with Crippen LogP contribution in [-0.2, 0) is 17.0 Å². The van der Waals surface area contributed by atoms with Crippen LogP contribution in [0.3, 0.4) is 0 Å². The lowest BCUT2D eigenvalue weighted by molar-refractivity contribution is -0.137. The van der Waals surface area contributed by atoms with Gasteiger partial charge in [0.2, 0.25) is 0 Å². The molecule has 7 heteroatoms. The van der Waals surface area contributed by atoms with E-state index >= 15 is 0 Å². The lowest BCUT2D eigenvalue weighted by Gasteiger charge is -2.10. The molecule has 0 aliphatic carbocycles. The lowest BCUT2D eigenvalue weighted by atomic mass is 10.2. The Labute approximate surface area is 111 Å². The highest BCUT2D eigenvalue weighted by molar-refractivity contribution is 7.98. The van der Waals surface area contributed by atoms with Gasteiger partial charge in [-0.25, -0.2) is 0 Å². The van der Waals surface area contributed by atoms with Crippen LogP contribution in [0.1, 0.15) is 12.0 Å². The number of alkyl halides is 3. The van der Waals surface area contributed by atoms with Gasteiger partial charge in [-0.15, -0.1) is 0 Å². The van der Waals surface area contributed by atoms with Crippen molar-refractivity contribution in [3.63, 3.8) is 0 Å². The van der Waals surface area contributed by atoms with Crippen LogP contribution >= 0.6 is 11.8 Å². The number of nitrogens with two attached hydrogens (primary N) is 1. The van der Waals surface area contributed by atoms with E-state index in [2.05, 4.69) is 0 Å². The van der Waals surface area contributed by atoms with E-state index in [1.54, 1.807) is 11.8 Å². The molecule has 0 fully saturated rings. The van der Waals surface area contributed by atoms with E-state index in [9.17, 15) is 17.4 Å². The summed E-state index contributed by atoms with van der Waals surface area (Å²) in [5.41, 5.74) is 4.65. The van der Waals surface area contributed by atoms with Gasteiger partial charge in [0.05, 0.1) is 21.3 Å². The molecule has 2 nitrogen and oxygen atoms in total. The van der Waals surface area contributed by atoms with Gasteiger partial charge >= 0.3 is 6.18 Å². The molecule has 0 aromatic heterocycles.